The second-order valence-electron chi connectivity index (χ2n) is 15.5. The van der Waals surface area contributed by atoms with Gasteiger partial charge in [-0.3, -0.25) is 14.2 Å². The largest absolute Gasteiger partial charge is 0.493 e. The summed E-state index contributed by atoms with van der Waals surface area (Å²) in [4.78, 5) is 50.1. The number of carbonyl (C=O) groups excluding carboxylic acids is 1. The van der Waals surface area contributed by atoms with E-state index in [1.807, 2.05) is 0 Å². The molecule has 1 amide bonds. The van der Waals surface area contributed by atoms with E-state index in [1.165, 1.54) is 36.0 Å². The van der Waals surface area contributed by atoms with Crippen molar-refractivity contribution in [2.24, 2.45) is 10.8 Å². The summed E-state index contributed by atoms with van der Waals surface area (Å²) in [6.07, 6.45) is 3.62. The summed E-state index contributed by atoms with van der Waals surface area (Å²) in [7, 11) is -3.10. The van der Waals surface area contributed by atoms with Gasteiger partial charge >= 0.3 is 7.82 Å². The van der Waals surface area contributed by atoms with E-state index in [9.17, 15) is 27.9 Å². The molecule has 0 radical (unpaired) electrons. The van der Waals surface area contributed by atoms with Gasteiger partial charge in [0.05, 0.1) is 43.5 Å². The van der Waals surface area contributed by atoms with Crippen LogP contribution in [-0.2, 0) is 20.3 Å². The number of hydrogen-bond acceptors (Lipinski definition) is 12. The van der Waals surface area contributed by atoms with Gasteiger partial charge in [-0.25, -0.2) is 28.3 Å². The van der Waals surface area contributed by atoms with Crippen LogP contribution in [0.25, 0.3) is 10.9 Å². The number of carbonyl (C=O) groups is 1. The van der Waals surface area contributed by atoms with Crippen LogP contribution in [-0.4, -0.2) is 99.0 Å². The van der Waals surface area contributed by atoms with E-state index < -0.39 is 30.9 Å². The smallest absolute Gasteiger partial charge is 0.469 e. The third-order valence-corrected chi connectivity index (χ3v) is 11.3. The predicted octanol–water partition coefficient (Wildman–Crippen LogP) is 6.62. The predicted molar refractivity (Wildman–Crippen MR) is 208 cm³/mol. The van der Waals surface area contributed by atoms with Gasteiger partial charge in [-0.05, 0) is 35.4 Å². The van der Waals surface area contributed by atoms with Crippen molar-refractivity contribution >= 4 is 52.6 Å². The fourth-order valence-corrected chi connectivity index (χ4v) is 8.70. The minimum Gasteiger partial charge on any atom is -0.493 e. The zero-order valence-electron chi connectivity index (χ0n) is 32.2. The summed E-state index contributed by atoms with van der Waals surface area (Å²) < 4.78 is 56.3. The molecule has 0 spiro atoms. The molecule has 0 atom stereocenters. The van der Waals surface area contributed by atoms with E-state index in [0.717, 1.165) is 45.2 Å². The Kier molecular flexibility index (Phi) is 13.2. The van der Waals surface area contributed by atoms with E-state index >= 15 is 0 Å². The number of phosphoric acid groups is 1. The molecule has 0 unspecified atom stereocenters. The van der Waals surface area contributed by atoms with Gasteiger partial charge in [0, 0.05) is 55.3 Å². The number of aromatic nitrogens is 3. The van der Waals surface area contributed by atoms with Gasteiger partial charge in [0.25, 0.3) is 0 Å². The van der Waals surface area contributed by atoms with Gasteiger partial charge in [-0.2, -0.15) is 0 Å². The Labute approximate surface area is 323 Å². The minimum atomic E-state index is -4.66. The standard InChI is InChI=1S/C37H50F2N7O7PS/c1-35(2,3)37(36(4,5)6,22-53-54(48,49)50)46-15-13-45(14-16-46)12-9-17-52-30-20-28-25(19-29(30)51-7)33(42-23-41-28)44-34-40-21-24(55-34)18-31(47)43-27-11-8-10-26(38)32(27)39/h8,10-11,19-21,23H,9,12-18,22H2,1-7H3,(H,43,47)(H2,48,49,50)(H,40,41,42,44). The maximum absolute atomic E-state index is 14.0. The first-order chi connectivity index (χ1) is 25.8. The van der Waals surface area contributed by atoms with Gasteiger partial charge in [0.1, 0.15) is 12.1 Å². The molecule has 5 rings (SSSR count). The summed E-state index contributed by atoms with van der Waals surface area (Å²) in [6, 6.07) is 7.16. The highest BCUT2D eigenvalue weighted by Crippen LogP contribution is 2.51. The molecule has 1 aliphatic rings. The Hall–Kier alpha value is -3.83. The highest BCUT2D eigenvalue weighted by atomic mass is 32.1. The SMILES string of the molecule is COc1cc2c(Nc3ncc(CC(=O)Nc4cccc(F)c4F)s3)ncnc2cc1OCCCN1CCN(C(COP(=O)(O)O)(C(C)(C)C)C(C)(C)C)CC1. The van der Waals surface area contributed by atoms with Crippen molar-refractivity contribution in [1.29, 1.82) is 0 Å². The monoisotopic (exact) mass is 805 g/mol. The molecular formula is C37H50F2N7O7PS. The van der Waals surface area contributed by atoms with Gasteiger partial charge < -0.3 is 34.8 Å². The molecule has 14 nitrogen and oxygen atoms in total. The maximum atomic E-state index is 14.0. The fourth-order valence-electron chi connectivity index (χ4n) is 7.54. The quantitative estimate of drug-likeness (QED) is 0.0747. The van der Waals surface area contributed by atoms with E-state index in [1.54, 1.807) is 19.2 Å². The summed E-state index contributed by atoms with van der Waals surface area (Å²) >= 11 is 1.22. The van der Waals surface area contributed by atoms with Gasteiger partial charge in [0.15, 0.2) is 28.3 Å². The molecule has 55 heavy (non-hydrogen) atoms. The normalized spacial score (nSPS) is 15.0. The zero-order chi connectivity index (χ0) is 40.2. The Morgan fingerprint density at radius 1 is 1.00 bits per heavy atom. The van der Waals surface area contributed by atoms with Crippen molar-refractivity contribution < 1.29 is 41.9 Å². The molecule has 18 heteroatoms. The molecule has 1 fully saturated rings. The highest BCUT2D eigenvalue weighted by Gasteiger charge is 2.55. The number of methoxy groups -OCH3 is 1. The molecule has 4 aromatic rings. The van der Waals surface area contributed by atoms with Crippen LogP contribution in [0.15, 0.2) is 42.9 Å². The number of thiazole rings is 1. The Balaban J connectivity index is 1.16. The molecule has 1 saturated heterocycles. The Bertz CT molecular complexity index is 2000. The summed E-state index contributed by atoms with van der Waals surface area (Å²) in [6.45, 7) is 16.8. The van der Waals surface area contributed by atoms with Crippen molar-refractivity contribution in [3.8, 4) is 11.5 Å². The van der Waals surface area contributed by atoms with Crippen LogP contribution in [0.4, 0.5) is 25.4 Å². The average molecular weight is 806 g/mol. The zero-order valence-corrected chi connectivity index (χ0v) is 33.9. The summed E-state index contributed by atoms with van der Waals surface area (Å²) in [5.74, 6) is -1.18. The third kappa shape index (κ3) is 10.1. The summed E-state index contributed by atoms with van der Waals surface area (Å²) in [5, 5.41) is 6.69. The van der Waals surface area contributed by atoms with E-state index in [-0.39, 0.29) is 29.5 Å². The number of halogens is 2. The molecule has 0 saturated carbocycles. The van der Waals surface area contributed by atoms with E-state index in [4.69, 9.17) is 14.0 Å². The molecule has 0 bridgehead atoms. The molecule has 3 heterocycles. The first-order valence-corrected chi connectivity index (χ1v) is 20.2. The Morgan fingerprint density at radius 2 is 1.71 bits per heavy atom. The number of nitrogens with zero attached hydrogens (tertiary/aromatic N) is 5. The lowest BCUT2D eigenvalue weighted by molar-refractivity contribution is -0.129. The second kappa shape index (κ2) is 17.1. The number of fused-ring (bicyclic) bond motifs is 1. The van der Waals surface area contributed by atoms with Crippen LogP contribution in [0.1, 0.15) is 52.8 Å². The molecule has 4 N–H and O–H groups in total. The first-order valence-electron chi connectivity index (χ1n) is 17.9. The Morgan fingerprint density at radius 3 is 2.36 bits per heavy atom. The number of phosphoric ester groups is 1. The molecule has 0 aliphatic carbocycles. The van der Waals surface area contributed by atoms with Crippen molar-refractivity contribution in [1.82, 2.24) is 24.8 Å². The van der Waals surface area contributed by atoms with Gasteiger partial charge in [-0.1, -0.05) is 47.6 Å². The minimum absolute atomic E-state index is 0.0787. The molecular weight excluding hydrogens is 755 g/mol. The molecule has 1 aliphatic heterocycles. The van der Waals surface area contributed by atoms with Crippen LogP contribution in [0.3, 0.4) is 0 Å². The van der Waals surface area contributed by atoms with Crippen molar-refractivity contribution in [2.45, 2.75) is 59.9 Å². The number of anilines is 3. The average Bonchev–Trinajstić information content (AvgIpc) is 3.53. The number of nitrogens with one attached hydrogen (secondary N) is 2. The second-order valence-corrected chi connectivity index (χ2v) is 17.8. The molecule has 2 aromatic carbocycles. The highest BCUT2D eigenvalue weighted by molar-refractivity contribution is 7.46. The van der Waals surface area contributed by atoms with Crippen molar-refractivity contribution in [3.05, 3.63) is 59.4 Å². The number of rotatable bonds is 15. The summed E-state index contributed by atoms with van der Waals surface area (Å²) in [5.41, 5.74) is -0.918. The van der Waals surface area contributed by atoms with Crippen LogP contribution in [0.5, 0.6) is 11.5 Å². The lowest BCUT2D eigenvalue weighted by Crippen LogP contribution is -2.70. The number of amides is 1. The topological polar surface area (TPSA) is 171 Å². The number of piperazine rings is 1. The fraction of sp³-hybridized carbons (Fsp3) is 0.514. The lowest BCUT2D eigenvalue weighted by atomic mass is 9.59. The first kappa shape index (κ1) is 42.3. The molecule has 2 aromatic heterocycles. The van der Waals surface area contributed by atoms with Gasteiger partial charge in [-0.15, -0.1) is 11.3 Å². The number of hydrogen-bond donors (Lipinski definition) is 4. The molecule has 300 valence electrons. The number of benzene rings is 2. The van der Waals surface area contributed by atoms with Crippen molar-refractivity contribution in [2.75, 3.05) is 63.7 Å². The van der Waals surface area contributed by atoms with Crippen molar-refractivity contribution in [3.63, 3.8) is 0 Å². The number of ether oxygens (including phenoxy) is 2. The van der Waals surface area contributed by atoms with Crippen LogP contribution >= 0.6 is 19.2 Å². The van der Waals surface area contributed by atoms with Crippen LogP contribution < -0.4 is 20.1 Å². The van der Waals surface area contributed by atoms with Crippen LogP contribution in [0, 0.1) is 22.5 Å². The third-order valence-electron chi connectivity index (χ3n) is 9.97. The van der Waals surface area contributed by atoms with Gasteiger partial charge in [0.2, 0.25) is 5.91 Å². The van der Waals surface area contributed by atoms with E-state index in [2.05, 4.69) is 76.9 Å². The maximum Gasteiger partial charge on any atom is 0.469 e. The van der Waals surface area contributed by atoms with E-state index in [0.29, 0.717) is 44.8 Å². The van der Waals surface area contributed by atoms with Crippen LogP contribution in [0.2, 0.25) is 0 Å². The lowest BCUT2D eigenvalue weighted by Gasteiger charge is -2.60.